The number of hydrogen-bond donors (Lipinski definition) is 2. The number of benzene rings is 1. The Morgan fingerprint density at radius 1 is 1.19 bits per heavy atom. The predicted molar refractivity (Wildman–Crippen MR) is 97.3 cm³/mol. The summed E-state index contributed by atoms with van der Waals surface area (Å²) >= 11 is 0. The van der Waals surface area contributed by atoms with Crippen LogP contribution < -0.4 is 15.8 Å². The second kappa shape index (κ2) is 7.90. The van der Waals surface area contributed by atoms with E-state index in [2.05, 4.69) is 17.8 Å². The number of hydrazine groups is 1. The van der Waals surface area contributed by atoms with E-state index >= 15 is 0 Å². The summed E-state index contributed by atoms with van der Waals surface area (Å²) < 4.78 is 4.95. The van der Waals surface area contributed by atoms with Crippen molar-refractivity contribution in [2.24, 2.45) is 5.92 Å². The number of carbonyl (C=O) groups excluding carboxylic acids is 2. The number of carbonyl (C=O) groups is 2. The minimum Gasteiger partial charge on any atom is -0.459 e. The van der Waals surface area contributed by atoms with Gasteiger partial charge in [-0.3, -0.25) is 30.6 Å². The number of piperidine rings is 1. The number of non-ortho nitro benzene ring substituents is 1. The maximum absolute atomic E-state index is 12.6. The van der Waals surface area contributed by atoms with Crippen LogP contribution in [0.5, 0.6) is 0 Å². The number of nitrogens with zero attached hydrogens (tertiary/aromatic N) is 2. The first-order valence-corrected chi connectivity index (χ1v) is 8.63. The summed E-state index contributed by atoms with van der Waals surface area (Å²) in [5.41, 5.74) is 5.10. The van der Waals surface area contributed by atoms with E-state index in [0.29, 0.717) is 11.6 Å². The van der Waals surface area contributed by atoms with Crippen molar-refractivity contribution in [2.45, 2.75) is 19.8 Å². The molecule has 0 spiro atoms. The molecular formula is C18H20N4O5. The first-order valence-electron chi connectivity index (χ1n) is 8.63. The van der Waals surface area contributed by atoms with E-state index in [4.69, 9.17) is 4.42 Å². The number of rotatable bonds is 4. The molecule has 1 aromatic heterocycles. The molecule has 1 aliphatic rings. The Morgan fingerprint density at radius 3 is 2.52 bits per heavy atom. The molecule has 0 atom stereocenters. The van der Waals surface area contributed by atoms with Gasteiger partial charge in [-0.1, -0.05) is 6.92 Å². The fourth-order valence-corrected chi connectivity index (χ4v) is 2.99. The molecule has 2 N–H and O–H groups in total. The van der Waals surface area contributed by atoms with Crippen molar-refractivity contribution in [3.05, 3.63) is 58.0 Å². The van der Waals surface area contributed by atoms with Crippen LogP contribution in [-0.4, -0.2) is 29.8 Å². The third-order valence-electron chi connectivity index (χ3n) is 4.59. The molecule has 3 rings (SSSR count). The normalized spacial score (nSPS) is 14.6. The molecule has 0 saturated carbocycles. The summed E-state index contributed by atoms with van der Waals surface area (Å²) in [6, 6.07) is 7.19. The van der Waals surface area contributed by atoms with Gasteiger partial charge in [-0.25, -0.2) is 0 Å². The summed E-state index contributed by atoms with van der Waals surface area (Å²) in [5.74, 6) is -0.608. The fraction of sp³-hybridized carbons (Fsp3) is 0.333. The molecule has 0 bridgehead atoms. The van der Waals surface area contributed by atoms with Gasteiger partial charge < -0.3 is 9.32 Å². The Bertz CT molecular complexity index is 841. The first-order chi connectivity index (χ1) is 13.0. The highest BCUT2D eigenvalue weighted by molar-refractivity contribution is 6.02. The van der Waals surface area contributed by atoms with Crippen LogP contribution >= 0.6 is 0 Å². The standard InChI is InChI=1S/C18H20N4O5/c1-12-6-8-21(9-7-12)15-5-4-13(22(25)26)11-14(15)17(23)19-20-18(24)16-3-2-10-27-16/h2-5,10-12H,6-9H2,1H3,(H,19,23)(H,20,24). The molecule has 9 heteroatoms. The molecule has 1 saturated heterocycles. The number of nitro benzene ring substituents is 1. The van der Waals surface area contributed by atoms with Crippen LogP contribution in [0.25, 0.3) is 0 Å². The minimum atomic E-state index is -0.632. The molecule has 2 aromatic rings. The highest BCUT2D eigenvalue weighted by atomic mass is 16.6. The quantitative estimate of drug-likeness (QED) is 0.629. The number of nitrogens with one attached hydrogen (secondary N) is 2. The fourth-order valence-electron chi connectivity index (χ4n) is 2.99. The molecule has 27 heavy (non-hydrogen) atoms. The second-order valence-electron chi connectivity index (χ2n) is 6.51. The zero-order chi connectivity index (χ0) is 19.4. The predicted octanol–water partition coefficient (Wildman–Crippen LogP) is 2.50. The van der Waals surface area contributed by atoms with E-state index < -0.39 is 16.7 Å². The van der Waals surface area contributed by atoms with E-state index in [-0.39, 0.29) is 17.0 Å². The van der Waals surface area contributed by atoms with Gasteiger partial charge >= 0.3 is 5.91 Å². The molecule has 142 valence electrons. The molecule has 2 heterocycles. The van der Waals surface area contributed by atoms with E-state index in [1.54, 1.807) is 12.1 Å². The average Bonchev–Trinajstić information content (AvgIpc) is 3.21. The molecule has 0 unspecified atom stereocenters. The Kier molecular flexibility index (Phi) is 5.39. The van der Waals surface area contributed by atoms with Crippen molar-refractivity contribution in [2.75, 3.05) is 18.0 Å². The van der Waals surface area contributed by atoms with Crippen LogP contribution in [0.15, 0.2) is 41.0 Å². The van der Waals surface area contributed by atoms with Gasteiger partial charge in [-0.05, 0) is 37.0 Å². The van der Waals surface area contributed by atoms with Crippen LogP contribution in [0.1, 0.15) is 40.7 Å². The largest absolute Gasteiger partial charge is 0.459 e. The summed E-state index contributed by atoms with van der Waals surface area (Å²) in [7, 11) is 0. The Hall–Kier alpha value is -3.36. The Balaban J connectivity index is 1.80. The molecule has 1 aromatic carbocycles. The van der Waals surface area contributed by atoms with Crippen LogP contribution in [0.4, 0.5) is 11.4 Å². The minimum absolute atomic E-state index is 0.0413. The number of furan rings is 1. The number of hydrogen-bond acceptors (Lipinski definition) is 6. The second-order valence-corrected chi connectivity index (χ2v) is 6.51. The van der Waals surface area contributed by atoms with Crippen molar-refractivity contribution in [1.82, 2.24) is 10.9 Å². The molecule has 9 nitrogen and oxygen atoms in total. The van der Waals surface area contributed by atoms with E-state index in [1.807, 2.05) is 4.90 Å². The third-order valence-corrected chi connectivity index (χ3v) is 4.59. The van der Waals surface area contributed by atoms with Gasteiger partial charge in [0, 0.05) is 25.2 Å². The lowest BCUT2D eigenvalue weighted by atomic mass is 9.98. The number of amides is 2. The zero-order valence-electron chi connectivity index (χ0n) is 14.8. The van der Waals surface area contributed by atoms with Gasteiger partial charge in [0.15, 0.2) is 5.76 Å². The lowest BCUT2D eigenvalue weighted by Gasteiger charge is -2.33. The number of nitro groups is 1. The lowest BCUT2D eigenvalue weighted by molar-refractivity contribution is -0.384. The average molecular weight is 372 g/mol. The zero-order valence-corrected chi connectivity index (χ0v) is 14.8. The molecule has 0 aliphatic carbocycles. The van der Waals surface area contributed by atoms with E-state index in [0.717, 1.165) is 25.9 Å². The molecule has 1 aliphatic heterocycles. The van der Waals surface area contributed by atoms with Crippen LogP contribution in [0.3, 0.4) is 0 Å². The highest BCUT2D eigenvalue weighted by Gasteiger charge is 2.24. The summed E-state index contributed by atoms with van der Waals surface area (Å²) in [5, 5.41) is 11.1. The third kappa shape index (κ3) is 4.25. The van der Waals surface area contributed by atoms with E-state index in [9.17, 15) is 19.7 Å². The SMILES string of the molecule is CC1CCN(c2ccc([N+](=O)[O-])cc2C(=O)NNC(=O)c2ccco2)CC1. The van der Waals surface area contributed by atoms with Gasteiger partial charge in [-0.2, -0.15) is 0 Å². The Labute approximate surface area is 155 Å². The van der Waals surface area contributed by atoms with Gasteiger partial charge in [0.1, 0.15) is 0 Å². The monoisotopic (exact) mass is 372 g/mol. The molecule has 0 radical (unpaired) electrons. The molecule has 2 amide bonds. The van der Waals surface area contributed by atoms with Crippen molar-refractivity contribution in [1.29, 1.82) is 0 Å². The van der Waals surface area contributed by atoms with Gasteiger partial charge in [0.05, 0.1) is 22.4 Å². The van der Waals surface area contributed by atoms with Crippen molar-refractivity contribution in [3.8, 4) is 0 Å². The van der Waals surface area contributed by atoms with Gasteiger partial charge in [0.2, 0.25) is 0 Å². The van der Waals surface area contributed by atoms with Crippen LogP contribution in [-0.2, 0) is 0 Å². The molecule has 1 fully saturated rings. The molecular weight excluding hydrogens is 352 g/mol. The summed E-state index contributed by atoms with van der Waals surface area (Å²) in [6.07, 6.45) is 3.30. The number of anilines is 1. The maximum Gasteiger partial charge on any atom is 0.305 e. The summed E-state index contributed by atoms with van der Waals surface area (Å²) in [4.78, 5) is 37.1. The van der Waals surface area contributed by atoms with Crippen molar-refractivity contribution in [3.63, 3.8) is 0 Å². The smallest absolute Gasteiger partial charge is 0.305 e. The van der Waals surface area contributed by atoms with Crippen molar-refractivity contribution >= 4 is 23.2 Å². The Morgan fingerprint density at radius 2 is 1.89 bits per heavy atom. The van der Waals surface area contributed by atoms with E-state index in [1.165, 1.54) is 24.5 Å². The van der Waals surface area contributed by atoms with Crippen LogP contribution in [0, 0.1) is 16.0 Å². The van der Waals surface area contributed by atoms with Gasteiger partial charge in [-0.15, -0.1) is 0 Å². The lowest BCUT2D eigenvalue weighted by Crippen LogP contribution is -2.42. The topological polar surface area (TPSA) is 118 Å². The maximum atomic E-state index is 12.6. The van der Waals surface area contributed by atoms with Gasteiger partial charge in [0.25, 0.3) is 11.6 Å². The first kappa shape index (κ1) is 18.4. The van der Waals surface area contributed by atoms with Crippen molar-refractivity contribution < 1.29 is 18.9 Å². The highest BCUT2D eigenvalue weighted by Crippen LogP contribution is 2.29. The summed E-state index contributed by atoms with van der Waals surface area (Å²) in [6.45, 7) is 3.70. The van der Waals surface area contributed by atoms with Crippen LogP contribution in [0.2, 0.25) is 0 Å².